The van der Waals surface area contributed by atoms with Crippen LogP contribution in [0.1, 0.15) is 52.2 Å². The number of hydrogen-bond acceptors (Lipinski definition) is 20. The lowest BCUT2D eigenvalue weighted by atomic mass is 9.97. The van der Waals surface area contributed by atoms with E-state index >= 15 is 0 Å². The Bertz CT molecular complexity index is 2020. The molecular weight excluding hydrogens is 879 g/mol. The van der Waals surface area contributed by atoms with Gasteiger partial charge in [0, 0.05) is 41.0 Å². The number of carbonyl (C=O) groups excluding carboxylic acids is 7. The number of ether oxygens (including phenoxy) is 12. The third-order valence-electron chi connectivity index (χ3n) is 9.92. The molecule has 1 N–H and O–H groups in total. The van der Waals surface area contributed by atoms with Crippen molar-refractivity contribution in [3.63, 3.8) is 0 Å². The van der Waals surface area contributed by atoms with Crippen LogP contribution in [0, 0.1) is 0 Å². The second-order valence-electron chi connectivity index (χ2n) is 14.9. The van der Waals surface area contributed by atoms with Gasteiger partial charge in [0.05, 0.1) is 34.0 Å². The van der Waals surface area contributed by atoms with Gasteiger partial charge in [-0.3, -0.25) is 24.0 Å². The number of benzene rings is 2. The number of carbonyl (C=O) groups is 7. The average molecular weight is 932 g/mol. The summed E-state index contributed by atoms with van der Waals surface area (Å²) in [4.78, 5) is 87.8. The van der Waals surface area contributed by atoms with Gasteiger partial charge in [-0.25, -0.2) is 9.59 Å². The molecule has 0 aliphatic carbocycles. The molecule has 2 aromatic rings. The van der Waals surface area contributed by atoms with Crippen LogP contribution >= 0.6 is 11.8 Å². The number of amides is 1. The second kappa shape index (κ2) is 24.1. The van der Waals surface area contributed by atoms with E-state index in [2.05, 4.69) is 5.32 Å². The molecule has 2 aromatic carbocycles. The van der Waals surface area contributed by atoms with Crippen LogP contribution in [0.25, 0.3) is 0 Å². The molecule has 0 saturated carbocycles. The Kier molecular flexibility index (Phi) is 18.7. The third-order valence-corrected chi connectivity index (χ3v) is 11.3. The van der Waals surface area contributed by atoms with Crippen molar-refractivity contribution in [3.05, 3.63) is 82.5 Å². The van der Waals surface area contributed by atoms with Crippen LogP contribution in [0.4, 0.5) is 0 Å². The maximum Gasteiger partial charge on any atom is 0.347 e. The smallest absolute Gasteiger partial charge is 0.347 e. The Hall–Kier alpha value is -5.58. The van der Waals surface area contributed by atoms with Crippen LogP contribution < -0.4 is 5.32 Å². The number of nitrogens with one attached hydrogen (secondary N) is 1. The molecular formula is C44H53NO19S. The first-order valence-electron chi connectivity index (χ1n) is 20.5. The van der Waals surface area contributed by atoms with Crippen LogP contribution in [0.5, 0.6) is 0 Å². The summed E-state index contributed by atoms with van der Waals surface area (Å²) in [6.45, 7) is 4.84. The lowest BCUT2D eigenvalue weighted by molar-refractivity contribution is -0.323. The van der Waals surface area contributed by atoms with Gasteiger partial charge in [-0.05, 0) is 11.1 Å². The van der Waals surface area contributed by atoms with E-state index in [-0.39, 0.29) is 30.3 Å². The molecule has 354 valence electrons. The van der Waals surface area contributed by atoms with Gasteiger partial charge in [0.1, 0.15) is 53.0 Å². The van der Waals surface area contributed by atoms with Crippen molar-refractivity contribution >= 4 is 53.5 Å². The summed E-state index contributed by atoms with van der Waals surface area (Å²) in [6.07, 6.45) is -12.1. The minimum absolute atomic E-state index is 0.0288. The lowest BCUT2D eigenvalue weighted by Gasteiger charge is -2.48. The molecule has 3 aliphatic heterocycles. The van der Waals surface area contributed by atoms with Gasteiger partial charge in [0.25, 0.3) is 0 Å². The summed E-state index contributed by atoms with van der Waals surface area (Å²) in [5, 5.41) is 1.66. The Morgan fingerprint density at radius 1 is 0.631 bits per heavy atom. The number of thioether (sulfide) groups is 1. The molecule has 11 atom stereocenters. The zero-order valence-electron chi connectivity index (χ0n) is 36.8. The number of hydrogen-bond donors (Lipinski definition) is 1. The van der Waals surface area contributed by atoms with E-state index < -0.39 is 122 Å². The summed E-state index contributed by atoms with van der Waals surface area (Å²) >= 11 is 1.01. The predicted molar refractivity (Wildman–Crippen MR) is 222 cm³/mol. The predicted octanol–water partition coefficient (Wildman–Crippen LogP) is 2.57. The standard InChI is InChI=1S/C44H53NO19S/c1-23(46)45-30(41(51)53-6)18-31-39(42(52)54-7)65-40-37(57-20-29-16-12-9-13-17-29)34(56-19-28-14-10-8-11-15-28)32(64-44(40)62-31)22-58-43-38(61-27(5)50)36(60-26(4)49)35(59-25(3)48)33(63-43)21-55-24(2)47/h8-17,30,32-38,40,43-44H,18-22H2,1-7H3,(H,45,46)/t30-,32+,33+,34+,35+,36-,37-,38+,40+,43+,44-/m0/s1. The van der Waals surface area contributed by atoms with E-state index in [1.165, 1.54) is 14.0 Å². The number of esters is 6. The number of fused-ring (bicyclic) bond motifs is 1. The zero-order valence-corrected chi connectivity index (χ0v) is 37.6. The maximum absolute atomic E-state index is 13.5. The van der Waals surface area contributed by atoms with Crippen LogP contribution in [-0.2, 0) is 104 Å². The molecule has 0 radical (unpaired) electrons. The summed E-state index contributed by atoms with van der Waals surface area (Å²) in [5.41, 5.74) is 1.58. The fourth-order valence-corrected chi connectivity index (χ4v) is 8.54. The average Bonchev–Trinajstić information content (AvgIpc) is 3.26. The topological polar surface area (TPSA) is 242 Å². The molecule has 20 nitrogen and oxygen atoms in total. The Morgan fingerprint density at radius 3 is 1.72 bits per heavy atom. The molecule has 65 heavy (non-hydrogen) atoms. The van der Waals surface area contributed by atoms with Gasteiger partial charge < -0.3 is 62.2 Å². The Morgan fingerprint density at radius 2 is 1.18 bits per heavy atom. The summed E-state index contributed by atoms with van der Waals surface area (Å²) in [5.74, 6) is -5.40. The molecule has 5 rings (SSSR count). The molecule has 0 bridgehead atoms. The monoisotopic (exact) mass is 931 g/mol. The highest BCUT2D eigenvalue weighted by molar-refractivity contribution is 8.04. The van der Waals surface area contributed by atoms with E-state index in [4.69, 9.17) is 56.8 Å². The first kappa shape index (κ1) is 50.4. The zero-order chi connectivity index (χ0) is 47.2. The van der Waals surface area contributed by atoms with Crippen molar-refractivity contribution in [1.82, 2.24) is 5.32 Å². The molecule has 0 unspecified atom stereocenters. The summed E-state index contributed by atoms with van der Waals surface area (Å²) < 4.78 is 71.0. The normalized spacial score (nSPS) is 26.5. The van der Waals surface area contributed by atoms with E-state index in [0.29, 0.717) is 0 Å². The van der Waals surface area contributed by atoms with E-state index in [1.807, 2.05) is 60.7 Å². The first-order valence-corrected chi connectivity index (χ1v) is 21.3. The van der Waals surface area contributed by atoms with E-state index in [0.717, 1.165) is 57.7 Å². The van der Waals surface area contributed by atoms with Crippen molar-refractivity contribution in [2.24, 2.45) is 0 Å². The minimum Gasteiger partial charge on any atom is -0.467 e. The van der Waals surface area contributed by atoms with Gasteiger partial charge in [-0.15, -0.1) is 11.8 Å². The highest BCUT2D eigenvalue weighted by Gasteiger charge is 2.56. The van der Waals surface area contributed by atoms with Gasteiger partial charge in [-0.2, -0.15) is 0 Å². The van der Waals surface area contributed by atoms with Crippen molar-refractivity contribution in [1.29, 1.82) is 0 Å². The van der Waals surface area contributed by atoms with Crippen molar-refractivity contribution < 1.29 is 90.4 Å². The SMILES string of the molecule is COC(=O)C1=C(C[C@H](NC(C)=O)C(=O)OC)O[C@H]2O[C@H](CO[C@@H]3O[C@H](COC(C)=O)[C@@H](OC(C)=O)[C@H](OC(C)=O)[C@H]3OC(C)=O)[C@@H](OCc3ccccc3)[C@H](OCc3ccccc3)[C@H]2S1. The molecule has 21 heteroatoms. The van der Waals surface area contributed by atoms with Crippen LogP contribution in [-0.4, -0.2) is 136 Å². The largest absolute Gasteiger partial charge is 0.467 e. The summed E-state index contributed by atoms with van der Waals surface area (Å²) in [6, 6.07) is 17.2. The van der Waals surface area contributed by atoms with Gasteiger partial charge in [-0.1, -0.05) is 60.7 Å². The van der Waals surface area contributed by atoms with Crippen molar-refractivity contribution in [2.75, 3.05) is 27.4 Å². The second-order valence-corrected chi connectivity index (χ2v) is 16.1. The van der Waals surface area contributed by atoms with Crippen LogP contribution in [0.2, 0.25) is 0 Å². The fourth-order valence-electron chi connectivity index (χ4n) is 7.23. The fraction of sp³-hybridized carbons (Fsp3) is 0.523. The molecule has 0 spiro atoms. The van der Waals surface area contributed by atoms with Gasteiger partial charge in [0.15, 0.2) is 24.6 Å². The highest BCUT2D eigenvalue weighted by atomic mass is 32.2. The third kappa shape index (κ3) is 14.2. The van der Waals surface area contributed by atoms with Gasteiger partial charge in [0.2, 0.25) is 12.2 Å². The lowest BCUT2D eigenvalue weighted by Crippen LogP contribution is -2.64. The van der Waals surface area contributed by atoms with Crippen molar-refractivity contribution in [2.45, 2.75) is 121 Å². The molecule has 2 fully saturated rings. The molecule has 3 heterocycles. The van der Waals surface area contributed by atoms with Crippen molar-refractivity contribution in [3.8, 4) is 0 Å². The van der Waals surface area contributed by atoms with Gasteiger partial charge >= 0.3 is 35.8 Å². The summed E-state index contributed by atoms with van der Waals surface area (Å²) in [7, 11) is 2.32. The molecule has 3 aliphatic rings. The molecule has 0 aromatic heterocycles. The first-order chi connectivity index (χ1) is 31.1. The number of methoxy groups -OCH3 is 2. The molecule has 2 saturated heterocycles. The Balaban J connectivity index is 1.57. The Labute approximate surface area is 379 Å². The van der Waals surface area contributed by atoms with Crippen LogP contribution in [0.3, 0.4) is 0 Å². The van der Waals surface area contributed by atoms with E-state index in [9.17, 15) is 33.6 Å². The quantitative estimate of drug-likeness (QED) is 0.157. The van der Waals surface area contributed by atoms with Crippen LogP contribution in [0.15, 0.2) is 71.3 Å². The highest BCUT2D eigenvalue weighted by Crippen LogP contribution is 2.45. The maximum atomic E-state index is 13.5. The molecule has 1 amide bonds. The number of rotatable bonds is 19. The minimum atomic E-state index is -1.59. The van der Waals surface area contributed by atoms with E-state index in [1.54, 1.807) is 0 Å².